The molecule has 0 spiro atoms. The van der Waals surface area contributed by atoms with Crippen LogP contribution in [0, 0.1) is 6.92 Å². The molecule has 2 rings (SSSR count). The maximum absolute atomic E-state index is 12.0. The number of ether oxygens (including phenoxy) is 1. The Balaban J connectivity index is 0.00000420. The lowest BCUT2D eigenvalue weighted by Crippen LogP contribution is -2.39. The van der Waals surface area contributed by atoms with Gasteiger partial charge < -0.3 is 15.4 Å². The molecule has 0 saturated heterocycles. The summed E-state index contributed by atoms with van der Waals surface area (Å²) < 4.78 is 5.09. The van der Waals surface area contributed by atoms with Gasteiger partial charge in [0.15, 0.2) is 5.96 Å². The Kier molecular flexibility index (Phi) is 11.2. The van der Waals surface area contributed by atoms with Crippen molar-refractivity contribution in [2.45, 2.75) is 46.6 Å². The monoisotopic (exact) mass is 530 g/mol. The van der Waals surface area contributed by atoms with Gasteiger partial charge in [-0.3, -0.25) is 4.99 Å². The summed E-state index contributed by atoms with van der Waals surface area (Å²) in [4.78, 5) is 21.4. The summed E-state index contributed by atoms with van der Waals surface area (Å²) in [5.74, 6) is 0.399. The topological polar surface area (TPSA) is 75.6 Å². The van der Waals surface area contributed by atoms with Crippen molar-refractivity contribution in [2.24, 2.45) is 4.99 Å². The molecule has 29 heavy (non-hydrogen) atoms. The fourth-order valence-electron chi connectivity index (χ4n) is 2.72. The third-order valence-electron chi connectivity index (χ3n) is 4.36. The van der Waals surface area contributed by atoms with Crippen LogP contribution in [0.5, 0.6) is 0 Å². The first kappa shape index (κ1) is 25.4. The van der Waals surface area contributed by atoms with Crippen LogP contribution in [0.2, 0.25) is 0 Å². The zero-order valence-electron chi connectivity index (χ0n) is 17.7. The molecule has 6 nitrogen and oxygen atoms in total. The average molecular weight is 530 g/mol. The van der Waals surface area contributed by atoms with Crippen molar-refractivity contribution in [2.75, 3.05) is 20.2 Å². The standard InChI is InChI=1S/C21H30N4O2S.HI/c1-6-16-8-10-17(11-9-16)12-13-23-21(22-5)25-15(4)19-24-14(3)18(28-19)20(26)27-7-2;/h8-11,15H,6-7,12-13H2,1-5H3,(H2,22,23,25);1H. The van der Waals surface area contributed by atoms with Gasteiger partial charge in [-0.15, -0.1) is 35.3 Å². The number of aromatic nitrogens is 1. The van der Waals surface area contributed by atoms with Crippen LogP contribution in [-0.4, -0.2) is 37.1 Å². The molecule has 0 amide bonds. The number of thiazole rings is 1. The molecule has 0 aliphatic heterocycles. The van der Waals surface area contributed by atoms with Crippen molar-refractivity contribution < 1.29 is 9.53 Å². The van der Waals surface area contributed by atoms with Crippen LogP contribution in [0.1, 0.15) is 58.3 Å². The number of nitrogens with zero attached hydrogens (tertiary/aromatic N) is 2. The molecular weight excluding hydrogens is 499 g/mol. The van der Waals surface area contributed by atoms with E-state index >= 15 is 0 Å². The number of hydrogen-bond donors (Lipinski definition) is 2. The summed E-state index contributed by atoms with van der Waals surface area (Å²) in [5.41, 5.74) is 3.34. The Morgan fingerprint density at radius 1 is 1.24 bits per heavy atom. The lowest BCUT2D eigenvalue weighted by molar-refractivity contribution is 0.0531. The van der Waals surface area contributed by atoms with Gasteiger partial charge in [0.2, 0.25) is 0 Å². The van der Waals surface area contributed by atoms with E-state index in [2.05, 4.69) is 51.8 Å². The predicted octanol–water partition coefficient (Wildman–Crippen LogP) is 4.28. The number of carbonyl (C=O) groups excluding carboxylic acids is 1. The summed E-state index contributed by atoms with van der Waals surface area (Å²) in [6.07, 6.45) is 1.98. The Morgan fingerprint density at radius 2 is 1.90 bits per heavy atom. The van der Waals surface area contributed by atoms with E-state index in [-0.39, 0.29) is 36.0 Å². The van der Waals surface area contributed by atoms with E-state index in [0.717, 1.165) is 24.4 Å². The van der Waals surface area contributed by atoms with Gasteiger partial charge in [-0.2, -0.15) is 0 Å². The molecule has 0 fully saturated rings. The zero-order valence-corrected chi connectivity index (χ0v) is 20.9. The minimum Gasteiger partial charge on any atom is -0.462 e. The number of halogens is 1. The Hall–Kier alpha value is -1.68. The number of rotatable bonds is 8. The van der Waals surface area contributed by atoms with Crippen LogP contribution in [-0.2, 0) is 17.6 Å². The van der Waals surface area contributed by atoms with Gasteiger partial charge in [0.05, 0.1) is 18.3 Å². The second-order valence-corrected chi connectivity index (χ2v) is 7.50. The number of guanidine groups is 1. The van der Waals surface area contributed by atoms with E-state index in [9.17, 15) is 4.79 Å². The number of esters is 1. The number of nitrogens with one attached hydrogen (secondary N) is 2. The summed E-state index contributed by atoms with van der Waals surface area (Å²) in [7, 11) is 1.75. The minimum atomic E-state index is -0.312. The van der Waals surface area contributed by atoms with Crippen molar-refractivity contribution >= 4 is 47.2 Å². The quantitative estimate of drug-likeness (QED) is 0.231. The molecular formula is C21H31IN4O2S. The summed E-state index contributed by atoms with van der Waals surface area (Å²) in [6.45, 7) is 8.93. The summed E-state index contributed by atoms with van der Waals surface area (Å²) >= 11 is 1.36. The maximum Gasteiger partial charge on any atom is 0.350 e. The Labute approximate surface area is 194 Å². The molecule has 0 aliphatic carbocycles. The van der Waals surface area contributed by atoms with Crippen LogP contribution in [0.4, 0.5) is 0 Å². The van der Waals surface area contributed by atoms with E-state index in [4.69, 9.17) is 4.74 Å². The molecule has 1 heterocycles. The van der Waals surface area contributed by atoms with Gasteiger partial charge in [0, 0.05) is 13.6 Å². The first-order chi connectivity index (χ1) is 13.5. The Bertz CT molecular complexity index is 806. The molecule has 2 N–H and O–H groups in total. The molecule has 160 valence electrons. The highest BCUT2D eigenvalue weighted by Gasteiger charge is 2.20. The van der Waals surface area contributed by atoms with Crippen molar-refractivity contribution in [1.29, 1.82) is 0 Å². The molecule has 0 radical (unpaired) electrons. The molecule has 8 heteroatoms. The number of carbonyl (C=O) groups is 1. The van der Waals surface area contributed by atoms with Crippen molar-refractivity contribution in [3.63, 3.8) is 0 Å². The van der Waals surface area contributed by atoms with Gasteiger partial charge in [-0.05, 0) is 44.7 Å². The average Bonchev–Trinajstić information content (AvgIpc) is 3.09. The van der Waals surface area contributed by atoms with Crippen molar-refractivity contribution in [3.05, 3.63) is 51.0 Å². The van der Waals surface area contributed by atoms with Gasteiger partial charge in [-0.25, -0.2) is 9.78 Å². The van der Waals surface area contributed by atoms with E-state index in [1.165, 1.54) is 22.5 Å². The van der Waals surface area contributed by atoms with Crippen LogP contribution >= 0.6 is 35.3 Å². The lowest BCUT2D eigenvalue weighted by atomic mass is 10.1. The molecule has 1 aromatic carbocycles. The van der Waals surface area contributed by atoms with E-state index < -0.39 is 0 Å². The van der Waals surface area contributed by atoms with Gasteiger partial charge in [0.1, 0.15) is 9.88 Å². The molecule has 2 aromatic rings. The van der Waals surface area contributed by atoms with Gasteiger partial charge >= 0.3 is 5.97 Å². The third-order valence-corrected chi connectivity index (χ3v) is 5.68. The second-order valence-electron chi connectivity index (χ2n) is 6.47. The first-order valence-corrected chi connectivity index (χ1v) is 10.5. The normalized spacial score (nSPS) is 12.1. The highest BCUT2D eigenvalue weighted by molar-refractivity contribution is 14.0. The first-order valence-electron chi connectivity index (χ1n) is 9.67. The SMILES string of the molecule is CCOC(=O)c1sc(C(C)NC(=NC)NCCc2ccc(CC)cc2)nc1C.I. The number of hydrogen-bond acceptors (Lipinski definition) is 5. The Morgan fingerprint density at radius 3 is 2.48 bits per heavy atom. The highest BCUT2D eigenvalue weighted by atomic mass is 127. The third kappa shape index (κ3) is 7.58. The second kappa shape index (κ2) is 12.8. The van der Waals surface area contributed by atoms with E-state index in [1.54, 1.807) is 14.0 Å². The van der Waals surface area contributed by atoms with Crippen LogP contribution in [0.25, 0.3) is 0 Å². The molecule has 1 atom stereocenters. The van der Waals surface area contributed by atoms with Crippen LogP contribution in [0.3, 0.4) is 0 Å². The van der Waals surface area contributed by atoms with Crippen LogP contribution in [0.15, 0.2) is 29.3 Å². The van der Waals surface area contributed by atoms with Crippen LogP contribution < -0.4 is 10.6 Å². The summed E-state index contributed by atoms with van der Waals surface area (Å²) in [5, 5.41) is 7.50. The molecule has 1 aromatic heterocycles. The fourth-order valence-corrected chi connectivity index (χ4v) is 3.68. The number of benzene rings is 1. The smallest absolute Gasteiger partial charge is 0.350 e. The zero-order chi connectivity index (χ0) is 20.5. The van der Waals surface area contributed by atoms with Gasteiger partial charge in [-0.1, -0.05) is 31.2 Å². The van der Waals surface area contributed by atoms with Gasteiger partial charge in [0.25, 0.3) is 0 Å². The molecule has 1 unspecified atom stereocenters. The number of aryl methyl sites for hydroxylation is 2. The predicted molar refractivity (Wildman–Crippen MR) is 131 cm³/mol. The highest BCUT2D eigenvalue weighted by Crippen LogP contribution is 2.24. The summed E-state index contributed by atoms with van der Waals surface area (Å²) in [6, 6.07) is 8.64. The lowest BCUT2D eigenvalue weighted by Gasteiger charge is -2.16. The van der Waals surface area contributed by atoms with Crippen molar-refractivity contribution in [1.82, 2.24) is 15.6 Å². The fraction of sp³-hybridized carbons (Fsp3) is 0.476. The molecule has 0 bridgehead atoms. The minimum absolute atomic E-state index is 0. The van der Waals surface area contributed by atoms with E-state index in [1.807, 2.05) is 13.8 Å². The number of aliphatic imine (C=N–C) groups is 1. The largest absolute Gasteiger partial charge is 0.462 e. The molecule has 0 saturated carbocycles. The van der Waals surface area contributed by atoms with Crippen molar-refractivity contribution in [3.8, 4) is 0 Å². The maximum atomic E-state index is 12.0. The van der Waals surface area contributed by atoms with E-state index in [0.29, 0.717) is 23.1 Å². The molecule has 0 aliphatic rings.